The van der Waals surface area contributed by atoms with Gasteiger partial charge in [0, 0.05) is 30.4 Å². The van der Waals surface area contributed by atoms with Crippen LogP contribution in [-0.2, 0) is 11.3 Å². The molecule has 1 aliphatic heterocycles. The van der Waals surface area contributed by atoms with Crippen LogP contribution in [0.15, 0.2) is 17.2 Å². The normalized spacial score (nSPS) is 15.9. The van der Waals surface area contributed by atoms with Gasteiger partial charge in [0.05, 0.1) is 6.54 Å². The minimum absolute atomic E-state index is 0.437. The highest BCUT2D eigenvalue weighted by Crippen LogP contribution is 2.20. The van der Waals surface area contributed by atoms with Gasteiger partial charge in [0.1, 0.15) is 12.4 Å². The number of hydrogen-bond acceptors (Lipinski definition) is 4. The molecule has 1 aromatic rings. The Kier molecular flexibility index (Phi) is 3.97. The van der Waals surface area contributed by atoms with Crippen molar-refractivity contribution in [2.45, 2.75) is 20.0 Å². The van der Waals surface area contributed by atoms with Gasteiger partial charge in [-0.3, -0.25) is 0 Å². The fourth-order valence-electron chi connectivity index (χ4n) is 1.87. The number of halogens is 1. The first-order valence-corrected chi connectivity index (χ1v) is 6.00. The highest BCUT2D eigenvalue weighted by atomic mass is 35.5. The summed E-state index contributed by atoms with van der Waals surface area (Å²) >= 11 is 6.05. The molecule has 4 nitrogen and oxygen atoms in total. The van der Waals surface area contributed by atoms with Gasteiger partial charge in [-0.1, -0.05) is 17.7 Å². The summed E-state index contributed by atoms with van der Waals surface area (Å²) in [5.74, 6) is 1.64. The number of ether oxygens (including phenoxy) is 1. The average molecular weight is 254 g/mol. The first-order chi connectivity index (χ1) is 8.19. The second-order valence-corrected chi connectivity index (χ2v) is 4.56. The van der Waals surface area contributed by atoms with Crippen molar-refractivity contribution in [3.8, 4) is 0 Å². The van der Waals surface area contributed by atoms with Crippen LogP contribution in [0.25, 0.3) is 0 Å². The van der Waals surface area contributed by atoms with Gasteiger partial charge in [-0.2, -0.15) is 0 Å². The third kappa shape index (κ3) is 3.17. The predicted molar refractivity (Wildman–Crippen MR) is 68.2 cm³/mol. The lowest BCUT2D eigenvalue weighted by Gasteiger charge is -2.26. The van der Waals surface area contributed by atoms with Crippen LogP contribution >= 0.6 is 11.6 Å². The Morgan fingerprint density at radius 1 is 1.47 bits per heavy atom. The molecule has 0 radical (unpaired) electrons. The molecular weight excluding hydrogens is 238 g/mol. The summed E-state index contributed by atoms with van der Waals surface area (Å²) in [7, 11) is 1.64. The van der Waals surface area contributed by atoms with Crippen LogP contribution in [0, 0.1) is 6.92 Å². The van der Waals surface area contributed by atoms with E-state index in [9.17, 15) is 0 Å². The van der Waals surface area contributed by atoms with E-state index < -0.39 is 0 Å². The van der Waals surface area contributed by atoms with E-state index in [1.165, 1.54) is 0 Å². The van der Waals surface area contributed by atoms with Crippen LogP contribution < -0.4 is 4.90 Å². The Morgan fingerprint density at radius 3 is 3.00 bits per heavy atom. The first-order valence-electron chi connectivity index (χ1n) is 5.62. The molecule has 0 unspecified atom stereocenters. The SMILES string of the molecule is COCc1nc(C)cc(N2CCC=C(Cl)C2)n1. The molecule has 2 rings (SSSR count). The lowest BCUT2D eigenvalue weighted by Crippen LogP contribution is -2.29. The van der Waals surface area contributed by atoms with E-state index in [0.29, 0.717) is 12.4 Å². The van der Waals surface area contributed by atoms with Crippen molar-refractivity contribution in [2.24, 2.45) is 0 Å². The summed E-state index contributed by atoms with van der Waals surface area (Å²) in [6.45, 7) is 4.07. The van der Waals surface area contributed by atoms with Crippen LogP contribution in [0.1, 0.15) is 17.9 Å². The largest absolute Gasteiger partial charge is 0.377 e. The summed E-state index contributed by atoms with van der Waals surface area (Å²) < 4.78 is 5.07. The van der Waals surface area contributed by atoms with Crippen molar-refractivity contribution < 1.29 is 4.74 Å². The first kappa shape index (κ1) is 12.3. The Hall–Kier alpha value is -1.13. The van der Waals surface area contributed by atoms with E-state index in [1.54, 1.807) is 7.11 Å². The quantitative estimate of drug-likeness (QED) is 0.828. The molecule has 1 aromatic heterocycles. The molecule has 0 spiro atoms. The van der Waals surface area contributed by atoms with Gasteiger partial charge in [0.2, 0.25) is 0 Å². The fourth-order valence-corrected chi connectivity index (χ4v) is 2.12. The van der Waals surface area contributed by atoms with E-state index in [1.807, 2.05) is 13.0 Å². The minimum atomic E-state index is 0.437. The molecule has 0 aliphatic carbocycles. The number of aryl methyl sites for hydroxylation is 1. The summed E-state index contributed by atoms with van der Waals surface area (Å²) in [6, 6.07) is 1.98. The van der Waals surface area contributed by atoms with E-state index in [2.05, 4.69) is 20.9 Å². The van der Waals surface area contributed by atoms with Crippen LogP contribution in [0.4, 0.5) is 5.82 Å². The van der Waals surface area contributed by atoms with Crippen molar-refractivity contribution in [1.82, 2.24) is 9.97 Å². The van der Waals surface area contributed by atoms with E-state index in [-0.39, 0.29) is 0 Å². The zero-order valence-corrected chi connectivity index (χ0v) is 10.9. The van der Waals surface area contributed by atoms with Crippen molar-refractivity contribution in [1.29, 1.82) is 0 Å². The van der Waals surface area contributed by atoms with E-state index in [0.717, 1.165) is 36.1 Å². The van der Waals surface area contributed by atoms with Crippen LogP contribution in [0.5, 0.6) is 0 Å². The topological polar surface area (TPSA) is 38.2 Å². The Balaban J connectivity index is 2.22. The number of nitrogens with zero attached hydrogens (tertiary/aromatic N) is 3. The molecule has 0 atom stereocenters. The highest BCUT2D eigenvalue weighted by molar-refractivity contribution is 6.30. The van der Waals surface area contributed by atoms with Gasteiger partial charge in [-0.25, -0.2) is 9.97 Å². The van der Waals surface area contributed by atoms with Gasteiger partial charge < -0.3 is 9.64 Å². The highest BCUT2D eigenvalue weighted by Gasteiger charge is 2.14. The molecule has 0 aromatic carbocycles. The van der Waals surface area contributed by atoms with E-state index >= 15 is 0 Å². The lowest BCUT2D eigenvalue weighted by atomic mass is 10.2. The summed E-state index contributed by atoms with van der Waals surface area (Å²) in [5, 5.41) is 0.876. The molecular formula is C12H16ClN3O. The van der Waals surface area contributed by atoms with Crippen LogP contribution in [0.3, 0.4) is 0 Å². The number of methoxy groups -OCH3 is 1. The summed E-state index contributed by atoms with van der Waals surface area (Å²) in [4.78, 5) is 11.0. The Bertz CT molecular complexity index is 434. The third-order valence-corrected chi connectivity index (χ3v) is 2.87. The van der Waals surface area contributed by atoms with Gasteiger partial charge in [0.25, 0.3) is 0 Å². The standard InChI is InChI=1S/C12H16ClN3O/c1-9-6-12(15-11(14-9)8-17-2)16-5-3-4-10(13)7-16/h4,6H,3,5,7-8H2,1-2H3. The van der Waals surface area contributed by atoms with Crippen molar-refractivity contribution >= 4 is 17.4 Å². The molecule has 5 heteroatoms. The molecule has 0 saturated heterocycles. The molecule has 0 fully saturated rings. The zero-order chi connectivity index (χ0) is 12.3. The van der Waals surface area contributed by atoms with Gasteiger partial charge in [-0.05, 0) is 13.3 Å². The second-order valence-electron chi connectivity index (χ2n) is 4.08. The maximum atomic E-state index is 6.05. The fraction of sp³-hybridized carbons (Fsp3) is 0.500. The van der Waals surface area contributed by atoms with Crippen LogP contribution in [-0.4, -0.2) is 30.2 Å². The molecule has 0 bridgehead atoms. The molecule has 1 aliphatic rings. The van der Waals surface area contributed by atoms with Crippen molar-refractivity contribution in [2.75, 3.05) is 25.1 Å². The zero-order valence-electron chi connectivity index (χ0n) is 10.1. The minimum Gasteiger partial charge on any atom is -0.377 e. The lowest BCUT2D eigenvalue weighted by molar-refractivity contribution is 0.177. The van der Waals surface area contributed by atoms with Crippen molar-refractivity contribution in [3.63, 3.8) is 0 Å². The molecule has 0 amide bonds. The van der Waals surface area contributed by atoms with Gasteiger partial charge >= 0.3 is 0 Å². The average Bonchev–Trinajstić information content (AvgIpc) is 2.28. The van der Waals surface area contributed by atoms with Gasteiger partial charge in [-0.15, -0.1) is 0 Å². The van der Waals surface area contributed by atoms with Gasteiger partial charge in [0.15, 0.2) is 5.82 Å². The molecule has 0 saturated carbocycles. The second kappa shape index (κ2) is 5.47. The number of hydrogen-bond donors (Lipinski definition) is 0. The number of rotatable bonds is 3. The van der Waals surface area contributed by atoms with E-state index in [4.69, 9.17) is 16.3 Å². The number of aromatic nitrogens is 2. The monoisotopic (exact) mass is 253 g/mol. The Labute approximate surface area is 106 Å². The van der Waals surface area contributed by atoms with Crippen LogP contribution in [0.2, 0.25) is 0 Å². The summed E-state index contributed by atoms with van der Waals surface area (Å²) in [5.41, 5.74) is 0.952. The molecule has 17 heavy (non-hydrogen) atoms. The maximum Gasteiger partial charge on any atom is 0.156 e. The predicted octanol–water partition coefficient (Wildman–Crippen LogP) is 2.26. The molecule has 0 N–H and O–H groups in total. The van der Waals surface area contributed by atoms with Crippen molar-refractivity contribution in [3.05, 3.63) is 28.7 Å². The third-order valence-electron chi connectivity index (χ3n) is 2.59. The number of anilines is 1. The summed E-state index contributed by atoms with van der Waals surface area (Å²) in [6.07, 6.45) is 3.02. The Morgan fingerprint density at radius 2 is 2.29 bits per heavy atom. The molecule has 92 valence electrons. The molecule has 2 heterocycles. The maximum absolute atomic E-state index is 6.05. The smallest absolute Gasteiger partial charge is 0.156 e.